The third-order valence-electron chi connectivity index (χ3n) is 4.27. The molecule has 0 atom stereocenters. The summed E-state index contributed by atoms with van der Waals surface area (Å²) in [6.45, 7) is 3.85. The molecule has 0 radical (unpaired) electrons. The Balaban J connectivity index is 1.51. The molecule has 25 heavy (non-hydrogen) atoms. The van der Waals surface area contributed by atoms with Gasteiger partial charge in [0.2, 0.25) is 0 Å². The number of piperidine rings is 1. The maximum atomic E-state index is 12.6. The molecule has 0 aliphatic carbocycles. The topological polar surface area (TPSA) is 58.6 Å². The minimum Gasteiger partial charge on any atom is -0.494 e. The maximum Gasteiger partial charge on any atom is 0.261 e. The number of rotatable bonds is 5. The fourth-order valence-electron chi connectivity index (χ4n) is 2.93. The van der Waals surface area contributed by atoms with E-state index in [4.69, 9.17) is 4.74 Å². The average Bonchev–Trinajstić information content (AvgIpc) is 3.18. The summed E-state index contributed by atoms with van der Waals surface area (Å²) in [4.78, 5) is 27.3. The number of benzene rings is 1. The van der Waals surface area contributed by atoms with Gasteiger partial charge in [0.05, 0.1) is 11.5 Å². The van der Waals surface area contributed by atoms with Crippen molar-refractivity contribution in [3.8, 4) is 5.75 Å². The summed E-state index contributed by atoms with van der Waals surface area (Å²) in [6, 6.07) is 11.1. The van der Waals surface area contributed by atoms with Gasteiger partial charge in [0.25, 0.3) is 11.8 Å². The molecule has 2 heterocycles. The van der Waals surface area contributed by atoms with Gasteiger partial charge in [0.1, 0.15) is 5.75 Å². The number of hydrogen-bond acceptors (Lipinski definition) is 4. The molecular formula is C19H22N2O3S. The molecule has 1 aromatic heterocycles. The van der Waals surface area contributed by atoms with Crippen LogP contribution in [0.2, 0.25) is 0 Å². The number of thiophene rings is 1. The lowest BCUT2D eigenvalue weighted by atomic mass is 10.0. The van der Waals surface area contributed by atoms with E-state index in [1.165, 1.54) is 11.3 Å². The van der Waals surface area contributed by atoms with Gasteiger partial charge in [-0.25, -0.2) is 0 Å². The smallest absolute Gasteiger partial charge is 0.261 e. The van der Waals surface area contributed by atoms with Gasteiger partial charge in [0, 0.05) is 24.7 Å². The van der Waals surface area contributed by atoms with Crippen molar-refractivity contribution in [2.45, 2.75) is 25.8 Å². The van der Waals surface area contributed by atoms with Gasteiger partial charge in [-0.15, -0.1) is 11.3 Å². The molecule has 1 fully saturated rings. The molecule has 1 N–H and O–H groups in total. The molecule has 1 aromatic carbocycles. The Morgan fingerprint density at radius 3 is 2.52 bits per heavy atom. The van der Waals surface area contributed by atoms with Gasteiger partial charge in [-0.05, 0) is 55.5 Å². The molecule has 1 aliphatic heterocycles. The van der Waals surface area contributed by atoms with Crippen LogP contribution in [0.5, 0.6) is 5.75 Å². The van der Waals surface area contributed by atoms with E-state index in [9.17, 15) is 9.59 Å². The van der Waals surface area contributed by atoms with E-state index in [2.05, 4.69) is 5.32 Å². The van der Waals surface area contributed by atoms with Crippen LogP contribution in [0.4, 0.5) is 0 Å². The van der Waals surface area contributed by atoms with Crippen molar-refractivity contribution in [2.75, 3.05) is 19.7 Å². The molecule has 0 spiro atoms. The monoisotopic (exact) mass is 358 g/mol. The van der Waals surface area contributed by atoms with Gasteiger partial charge >= 0.3 is 0 Å². The predicted molar refractivity (Wildman–Crippen MR) is 98.3 cm³/mol. The Bertz CT molecular complexity index is 705. The number of amides is 2. The zero-order valence-corrected chi connectivity index (χ0v) is 15.1. The molecular weight excluding hydrogens is 336 g/mol. The summed E-state index contributed by atoms with van der Waals surface area (Å²) in [5.41, 5.74) is 0.671. The Morgan fingerprint density at radius 1 is 1.20 bits per heavy atom. The first-order chi connectivity index (χ1) is 12.2. The van der Waals surface area contributed by atoms with Crippen molar-refractivity contribution in [1.82, 2.24) is 10.2 Å². The molecule has 2 amide bonds. The zero-order valence-electron chi connectivity index (χ0n) is 14.2. The quantitative estimate of drug-likeness (QED) is 0.893. The van der Waals surface area contributed by atoms with Crippen molar-refractivity contribution in [1.29, 1.82) is 0 Å². The van der Waals surface area contributed by atoms with E-state index in [0.29, 0.717) is 25.3 Å². The maximum absolute atomic E-state index is 12.6. The number of carbonyl (C=O) groups is 2. The fraction of sp³-hybridized carbons (Fsp3) is 0.368. The molecule has 3 rings (SSSR count). The summed E-state index contributed by atoms with van der Waals surface area (Å²) in [7, 11) is 0. The summed E-state index contributed by atoms with van der Waals surface area (Å²) >= 11 is 1.44. The van der Waals surface area contributed by atoms with E-state index < -0.39 is 0 Å². The highest BCUT2D eigenvalue weighted by molar-refractivity contribution is 7.12. The normalized spacial score (nSPS) is 15.0. The molecule has 0 saturated carbocycles. The number of carbonyl (C=O) groups excluding carboxylic acids is 2. The van der Waals surface area contributed by atoms with Gasteiger partial charge in [-0.2, -0.15) is 0 Å². The van der Waals surface area contributed by atoms with Crippen LogP contribution in [0.25, 0.3) is 0 Å². The van der Waals surface area contributed by atoms with E-state index in [0.717, 1.165) is 23.5 Å². The summed E-state index contributed by atoms with van der Waals surface area (Å²) in [5.74, 6) is 0.784. The Morgan fingerprint density at radius 2 is 1.92 bits per heavy atom. The van der Waals surface area contributed by atoms with E-state index in [1.807, 2.05) is 41.5 Å². The highest BCUT2D eigenvalue weighted by atomic mass is 32.1. The summed E-state index contributed by atoms with van der Waals surface area (Å²) < 4.78 is 5.40. The first kappa shape index (κ1) is 17.5. The van der Waals surface area contributed by atoms with Crippen LogP contribution in [0.1, 0.15) is 39.8 Å². The van der Waals surface area contributed by atoms with Crippen LogP contribution in [-0.4, -0.2) is 42.5 Å². The standard InChI is InChI=1S/C19H22N2O3S/c1-2-24-16-7-5-14(6-8-16)19(23)21-11-9-15(10-12-21)20-18(22)17-4-3-13-25-17/h3-8,13,15H,2,9-12H2,1H3,(H,20,22). The molecule has 132 valence electrons. The lowest BCUT2D eigenvalue weighted by molar-refractivity contribution is 0.0698. The molecule has 6 heteroatoms. The number of nitrogens with zero attached hydrogens (tertiary/aromatic N) is 1. The highest BCUT2D eigenvalue weighted by Gasteiger charge is 2.25. The Hall–Kier alpha value is -2.34. The lowest BCUT2D eigenvalue weighted by Crippen LogP contribution is -2.46. The highest BCUT2D eigenvalue weighted by Crippen LogP contribution is 2.18. The molecule has 5 nitrogen and oxygen atoms in total. The number of hydrogen-bond donors (Lipinski definition) is 1. The van der Waals surface area contributed by atoms with Crippen molar-refractivity contribution >= 4 is 23.2 Å². The van der Waals surface area contributed by atoms with Crippen LogP contribution >= 0.6 is 11.3 Å². The van der Waals surface area contributed by atoms with Crippen molar-refractivity contribution in [2.24, 2.45) is 0 Å². The minimum absolute atomic E-state index is 0.0220. The van der Waals surface area contributed by atoms with Gasteiger partial charge in [0.15, 0.2) is 0 Å². The second kappa shape index (κ2) is 8.16. The number of nitrogens with one attached hydrogen (secondary N) is 1. The van der Waals surface area contributed by atoms with Crippen LogP contribution in [0, 0.1) is 0 Å². The minimum atomic E-state index is -0.0220. The van der Waals surface area contributed by atoms with E-state index in [-0.39, 0.29) is 17.9 Å². The largest absolute Gasteiger partial charge is 0.494 e. The molecule has 0 bridgehead atoms. The van der Waals surface area contributed by atoms with Crippen LogP contribution < -0.4 is 10.1 Å². The number of likely N-dealkylation sites (tertiary alicyclic amines) is 1. The van der Waals surface area contributed by atoms with Crippen molar-refractivity contribution in [3.05, 3.63) is 52.2 Å². The average molecular weight is 358 g/mol. The molecule has 2 aromatic rings. The Kier molecular flexibility index (Phi) is 5.71. The predicted octanol–water partition coefficient (Wildman–Crippen LogP) is 3.18. The second-order valence-electron chi connectivity index (χ2n) is 5.97. The SMILES string of the molecule is CCOc1ccc(C(=O)N2CCC(NC(=O)c3cccs3)CC2)cc1. The van der Waals surface area contributed by atoms with Crippen molar-refractivity contribution < 1.29 is 14.3 Å². The van der Waals surface area contributed by atoms with Crippen molar-refractivity contribution in [3.63, 3.8) is 0 Å². The molecule has 0 unspecified atom stereocenters. The lowest BCUT2D eigenvalue weighted by Gasteiger charge is -2.32. The van der Waals surface area contributed by atoms with Crippen LogP contribution in [0.3, 0.4) is 0 Å². The number of ether oxygens (including phenoxy) is 1. The molecule has 1 saturated heterocycles. The summed E-state index contributed by atoms with van der Waals surface area (Å²) in [6.07, 6.45) is 1.56. The fourth-order valence-corrected chi connectivity index (χ4v) is 3.56. The van der Waals surface area contributed by atoms with Gasteiger partial charge in [-0.3, -0.25) is 9.59 Å². The molecule has 1 aliphatic rings. The Labute approximate surface area is 151 Å². The summed E-state index contributed by atoms with van der Waals surface area (Å²) in [5, 5.41) is 4.95. The second-order valence-corrected chi connectivity index (χ2v) is 6.92. The van der Waals surface area contributed by atoms with Crippen LogP contribution in [0.15, 0.2) is 41.8 Å². The van der Waals surface area contributed by atoms with Crippen LogP contribution in [-0.2, 0) is 0 Å². The zero-order chi connectivity index (χ0) is 17.6. The third-order valence-corrected chi connectivity index (χ3v) is 5.14. The third kappa shape index (κ3) is 4.39. The van der Waals surface area contributed by atoms with Gasteiger partial charge in [-0.1, -0.05) is 6.07 Å². The van der Waals surface area contributed by atoms with Gasteiger partial charge < -0.3 is 15.0 Å². The van der Waals surface area contributed by atoms with E-state index >= 15 is 0 Å². The van der Waals surface area contributed by atoms with E-state index in [1.54, 1.807) is 12.1 Å². The first-order valence-corrected chi connectivity index (χ1v) is 9.42. The first-order valence-electron chi connectivity index (χ1n) is 8.54.